The smallest absolute Gasteiger partial charge is 0.254 e. The summed E-state index contributed by atoms with van der Waals surface area (Å²) >= 11 is 3.31. The maximum atomic E-state index is 12.1. The van der Waals surface area contributed by atoms with Gasteiger partial charge in [0.1, 0.15) is 4.60 Å². The van der Waals surface area contributed by atoms with Crippen LogP contribution < -0.4 is 5.32 Å². The molecule has 0 unspecified atom stereocenters. The van der Waals surface area contributed by atoms with Gasteiger partial charge in [0.2, 0.25) is 0 Å². The first-order chi connectivity index (χ1) is 9.00. The molecule has 1 aromatic rings. The highest BCUT2D eigenvalue weighted by Gasteiger charge is 2.29. The normalized spacial score (nSPS) is 19.1. The SMILES string of the molecule is CN1CCC(C)(CNC(=O)c2cccnc2Br)CC1. The van der Waals surface area contributed by atoms with E-state index in [1.807, 2.05) is 0 Å². The molecule has 0 radical (unpaired) electrons. The number of pyridine rings is 1. The summed E-state index contributed by atoms with van der Waals surface area (Å²) in [4.78, 5) is 18.5. The van der Waals surface area contributed by atoms with Crippen LogP contribution in [0, 0.1) is 5.41 Å². The van der Waals surface area contributed by atoms with Gasteiger partial charge in [-0.05, 0) is 66.5 Å². The van der Waals surface area contributed by atoms with Crippen LogP contribution in [0.3, 0.4) is 0 Å². The molecule has 0 saturated carbocycles. The van der Waals surface area contributed by atoms with Gasteiger partial charge in [-0.3, -0.25) is 4.79 Å². The molecular formula is C14H20BrN3O. The molecule has 5 heteroatoms. The summed E-state index contributed by atoms with van der Waals surface area (Å²) in [7, 11) is 2.14. The summed E-state index contributed by atoms with van der Waals surface area (Å²) in [6, 6.07) is 3.56. The second-order valence-electron chi connectivity index (χ2n) is 5.64. The molecule has 1 aliphatic rings. The molecule has 1 fully saturated rings. The minimum absolute atomic E-state index is 0.0554. The predicted octanol–water partition coefficient (Wildman–Crippen LogP) is 2.31. The minimum Gasteiger partial charge on any atom is -0.351 e. The molecule has 104 valence electrons. The van der Waals surface area contributed by atoms with Crippen molar-refractivity contribution in [3.8, 4) is 0 Å². The van der Waals surface area contributed by atoms with E-state index in [0.717, 1.165) is 32.5 Å². The number of hydrogen-bond acceptors (Lipinski definition) is 3. The van der Waals surface area contributed by atoms with Gasteiger partial charge in [-0.25, -0.2) is 4.98 Å². The van der Waals surface area contributed by atoms with E-state index in [9.17, 15) is 4.79 Å². The number of hydrogen-bond donors (Lipinski definition) is 1. The van der Waals surface area contributed by atoms with Crippen molar-refractivity contribution < 1.29 is 4.79 Å². The van der Waals surface area contributed by atoms with Gasteiger partial charge in [0.25, 0.3) is 5.91 Å². The first-order valence-corrected chi connectivity index (χ1v) is 7.37. The molecule has 0 spiro atoms. The molecular weight excluding hydrogens is 306 g/mol. The van der Waals surface area contributed by atoms with Gasteiger partial charge in [-0.15, -0.1) is 0 Å². The molecule has 4 nitrogen and oxygen atoms in total. The standard InChI is InChI=1S/C14H20BrN3O/c1-14(5-8-18(2)9-6-14)10-17-13(19)11-4-3-7-16-12(11)15/h3-4,7H,5-6,8-10H2,1-2H3,(H,17,19). The van der Waals surface area contributed by atoms with Crippen molar-refractivity contribution in [3.05, 3.63) is 28.5 Å². The number of carbonyl (C=O) groups is 1. The van der Waals surface area contributed by atoms with Gasteiger partial charge in [-0.1, -0.05) is 6.92 Å². The third-order valence-electron chi connectivity index (χ3n) is 3.87. The zero-order chi connectivity index (χ0) is 13.9. The lowest BCUT2D eigenvalue weighted by atomic mass is 9.80. The Kier molecular flexibility index (Phi) is 4.58. The largest absolute Gasteiger partial charge is 0.351 e. The number of piperidine rings is 1. The number of halogens is 1. The van der Waals surface area contributed by atoms with Crippen LogP contribution in [-0.2, 0) is 0 Å². The fourth-order valence-electron chi connectivity index (χ4n) is 2.28. The minimum atomic E-state index is -0.0554. The maximum Gasteiger partial charge on any atom is 0.254 e. The van der Waals surface area contributed by atoms with Crippen molar-refractivity contribution in [2.24, 2.45) is 5.41 Å². The number of aromatic nitrogens is 1. The van der Waals surface area contributed by atoms with E-state index in [0.29, 0.717) is 10.2 Å². The van der Waals surface area contributed by atoms with Crippen LogP contribution in [0.1, 0.15) is 30.1 Å². The van der Waals surface area contributed by atoms with E-state index < -0.39 is 0 Å². The highest BCUT2D eigenvalue weighted by atomic mass is 79.9. The highest BCUT2D eigenvalue weighted by Crippen LogP contribution is 2.29. The molecule has 0 aliphatic carbocycles. The Morgan fingerprint density at radius 2 is 2.21 bits per heavy atom. The second-order valence-corrected chi connectivity index (χ2v) is 6.39. The van der Waals surface area contributed by atoms with E-state index in [-0.39, 0.29) is 11.3 Å². The number of nitrogens with zero attached hydrogens (tertiary/aromatic N) is 2. The van der Waals surface area contributed by atoms with Crippen molar-refractivity contribution in [2.45, 2.75) is 19.8 Å². The van der Waals surface area contributed by atoms with E-state index in [4.69, 9.17) is 0 Å². The first-order valence-electron chi connectivity index (χ1n) is 6.57. The van der Waals surface area contributed by atoms with Gasteiger partial charge in [0.15, 0.2) is 0 Å². The fraction of sp³-hybridized carbons (Fsp3) is 0.571. The van der Waals surface area contributed by atoms with E-state index in [1.54, 1.807) is 18.3 Å². The number of likely N-dealkylation sites (tertiary alicyclic amines) is 1. The summed E-state index contributed by atoms with van der Waals surface area (Å²) in [5.41, 5.74) is 0.802. The topological polar surface area (TPSA) is 45.2 Å². The second kappa shape index (κ2) is 6.01. The Balaban J connectivity index is 1.92. The Labute approximate surface area is 122 Å². The average Bonchev–Trinajstić information content (AvgIpc) is 2.41. The molecule has 1 aliphatic heterocycles. The van der Waals surface area contributed by atoms with Gasteiger partial charge >= 0.3 is 0 Å². The summed E-state index contributed by atoms with van der Waals surface area (Å²) in [6.45, 7) is 5.17. The Hall–Kier alpha value is -0.940. The molecule has 1 N–H and O–H groups in total. The van der Waals surface area contributed by atoms with Crippen LogP contribution in [0.15, 0.2) is 22.9 Å². The van der Waals surface area contributed by atoms with Crippen molar-refractivity contribution in [3.63, 3.8) is 0 Å². The zero-order valence-electron chi connectivity index (χ0n) is 11.4. The van der Waals surface area contributed by atoms with Gasteiger partial charge in [0, 0.05) is 12.7 Å². The number of rotatable bonds is 3. The molecule has 2 rings (SSSR count). The third kappa shape index (κ3) is 3.76. The van der Waals surface area contributed by atoms with E-state index >= 15 is 0 Å². The van der Waals surface area contributed by atoms with Crippen LogP contribution in [0.5, 0.6) is 0 Å². The van der Waals surface area contributed by atoms with Crippen molar-refractivity contribution >= 4 is 21.8 Å². The van der Waals surface area contributed by atoms with Crippen LogP contribution in [0.25, 0.3) is 0 Å². The van der Waals surface area contributed by atoms with Crippen molar-refractivity contribution in [1.82, 2.24) is 15.2 Å². The van der Waals surface area contributed by atoms with Gasteiger partial charge in [-0.2, -0.15) is 0 Å². The quantitative estimate of drug-likeness (QED) is 0.867. The molecule has 1 aromatic heterocycles. The lowest BCUT2D eigenvalue weighted by Gasteiger charge is -2.37. The summed E-state index contributed by atoms with van der Waals surface area (Å²) in [5.74, 6) is -0.0554. The zero-order valence-corrected chi connectivity index (χ0v) is 13.0. The molecule has 0 aromatic carbocycles. The Morgan fingerprint density at radius 1 is 1.53 bits per heavy atom. The van der Waals surface area contributed by atoms with E-state index in [2.05, 4.69) is 45.1 Å². The first kappa shape index (κ1) is 14.5. The van der Waals surface area contributed by atoms with E-state index in [1.165, 1.54) is 0 Å². The molecule has 0 atom stereocenters. The van der Waals surface area contributed by atoms with Crippen molar-refractivity contribution in [2.75, 3.05) is 26.7 Å². The highest BCUT2D eigenvalue weighted by molar-refractivity contribution is 9.10. The monoisotopic (exact) mass is 325 g/mol. The summed E-state index contributed by atoms with van der Waals surface area (Å²) < 4.78 is 0.598. The van der Waals surface area contributed by atoms with Gasteiger partial charge < -0.3 is 10.2 Å². The van der Waals surface area contributed by atoms with Crippen LogP contribution in [-0.4, -0.2) is 42.5 Å². The summed E-state index contributed by atoms with van der Waals surface area (Å²) in [6.07, 6.45) is 3.91. The van der Waals surface area contributed by atoms with Gasteiger partial charge in [0.05, 0.1) is 5.56 Å². The predicted molar refractivity (Wildman–Crippen MR) is 79.1 cm³/mol. The number of amides is 1. The Bertz CT molecular complexity index is 456. The molecule has 1 saturated heterocycles. The van der Waals surface area contributed by atoms with Crippen LogP contribution >= 0.6 is 15.9 Å². The lowest BCUT2D eigenvalue weighted by molar-refractivity contribution is 0.0890. The van der Waals surface area contributed by atoms with Crippen molar-refractivity contribution in [1.29, 1.82) is 0 Å². The molecule has 19 heavy (non-hydrogen) atoms. The fourth-order valence-corrected chi connectivity index (χ4v) is 2.71. The molecule has 2 heterocycles. The Morgan fingerprint density at radius 3 is 2.84 bits per heavy atom. The molecule has 1 amide bonds. The number of nitrogens with one attached hydrogen (secondary N) is 1. The average molecular weight is 326 g/mol. The maximum absolute atomic E-state index is 12.1. The summed E-state index contributed by atoms with van der Waals surface area (Å²) in [5, 5.41) is 3.04. The van der Waals surface area contributed by atoms with Crippen LogP contribution in [0.2, 0.25) is 0 Å². The lowest BCUT2D eigenvalue weighted by Crippen LogP contribution is -2.43. The number of carbonyl (C=O) groups excluding carboxylic acids is 1. The van der Waals surface area contributed by atoms with Crippen LogP contribution in [0.4, 0.5) is 0 Å². The third-order valence-corrected chi connectivity index (χ3v) is 4.51. The molecule has 0 bridgehead atoms.